The Labute approximate surface area is 121 Å². The van der Waals surface area contributed by atoms with E-state index in [9.17, 15) is 0 Å². The monoisotopic (exact) mass is 281 g/mol. The predicted octanol–water partition coefficient (Wildman–Crippen LogP) is 1.56. The minimum absolute atomic E-state index is 0.108. The average Bonchev–Trinajstić information content (AvgIpc) is 2.88. The fourth-order valence-corrected chi connectivity index (χ4v) is 2.81. The first-order chi connectivity index (χ1) is 10.2. The maximum Gasteiger partial charge on any atom is 0.113 e. The fourth-order valence-electron chi connectivity index (χ4n) is 2.81. The lowest BCUT2D eigenvalue weighted by Gasteiger charge is -2.24. The maximum atomic E-state index is 6.10. The van der Waals surface area contributed by atoms with Crippen molar-refractivity contribution in [3.8, 4) is 11.1 Å². The first kappa shape index (κ1) is 12.4. The smallest absolute Gasteiger partial charge is 0.113 e. The second kappa shape index (κ2) is 4.61. The molecule has 1 aliphatic heterocycles. The lowest BCUT2D eigenvalue weighted by atomic mass is 9.94. The number of ether oxygens (including phenoxy) is 1. The number of hydrogen-bond donors (Lipinski definition) is 1. The molecule has 106 valence electrons. The molecule has 3 heterocycles. The van der Waals surface area contributed by atoms with Crippen LogP contribution < -0.4 is 5.73 Å². The molecule has 0 aliphatic carbocycles. The van der Waals surface area contributed by atoms with Crippen LogP contribution in [-0.2, 0) is 18.4 Å². The molecule has 0 saturated carbocycles. The topological polar surface area (TPSA) is 78.8 Å². The van der Waals surface area contributed by atoms with Gasteiger partial charge in [0.2, 0.25) is 0 Å². The standard InChI is InChI=1S/C15H15N5O/c1-20-15-4-9(2-3-14(15)18-19-20)10-5-17-6-11-12(10)7-21-8-13(11)16/h2-6,13H,7-8,16H2,1H3. The Kier molecular flexibility index (Phi) is 2.73. The van der Waals surface area contributed by atoms with Crippen LogP contribution in [0.15, 0.2) is 30.6 Å². The van der Waals surface area contributed by atoms with E-state index < -0.39 is 0 Å². The Morgan fingerprint density at radius 3 is 3.14 bits per heavy atom. The zero-order valence-corrected chi connectivity index (χ0v) is 11.7. The summed E-state index contributed by atoms with van der Waals surface area (Å²) in [6.07, 6.45) is 3.71. The molecule has 1 aromatic carbocycles. The van der Waals surface area contributed by atoms with Crippen molar-refractivity contribution in [1.29, 1.82) is 0 Å². The number of rotatable bonds is 1. The molecule has 1 atom stereocenters. The first-order valence-corrected chi connectivity index (χ1v) is 6.84. The van der Waals surface area contributed by atoms with Crippen LogP contribution in [0.1, 0.15) is 17.2 Å². The fraction of sp³-hybridized carbons (Fsp3) is 0.267. The molecule has 1 unspecified atom stereocenters. The van der Waals surface area contributed by atoms with Crippen molar-refractivity contribution in [1.82, 2.24) is 20.0 Å². The summed E-state index contributed by atoms with van der Waals surface area (Å²) in [4.78, 5) is 4.34. The van der Waals surface area contributed by atoms with E-state index in [1.165, 1.54) is 0 Å². The first-order valence-electron chi connectivity index (χ1n) is 6.84. The van der Waals surface area contributed by atoms with Gasteiger partial charge in [0.25, 0.3) is 0 Å². The normalized spacial score (nSPS) is 17.9. The molecule has 0 amide bonds. The molecular formula is C15H15N5O. The number of nitrogens with zero attached hydrogens (tertiary/aromatic N) is 4. The molecule has 2 aromatic heterocycles. The van der Waals surface area contributed by atoms with Gasteiger partial charge in [-0.1, -0.05) is 11.3 Å². The number of benzene rings is 1. The highest BCUT2D eigenvalue weighted by molar-refractivity contribution is 5.82. The van der Waals surface area contributed by atoms with E-state index in [-0.39, 0.29) is 6.04 Å². The summed E-state index contributed by atoms with van der Waals surface area (Å²) in [5.74, 6) is 0. The second-order valence-electron chi connectivity index (χ2n) is 5.29. The van der Waals surface area contributed by atoms with E-state index in [1.807, 2.05) is 31.6 Å². The van der Waals surface area contributed by atoms with E-state index >= 15 is 0 Å². The van der Waals surface area contributed by atoms with Crippen LogP contribution >= 0.6 is 0 Å². The lowest BCUT2D eigenvalue weighted by molar-refractivity contribution is 0.0926. The Bertz CT molecular complexity index is 826. The molecule has 0 spiro atoms. The summed E-state index contributed by atoms with van der Waals surface area (Å²) in [6.45, 7) is 1.12. The van der Waals surface area contributed by atoms with Gasteiger partial charge in [0.15, 0.2) is 0 Å². The van der Waals surface area contributed by atoms with Crippen LogP contribution in [-0.4, -0.2) is 26.6 Å². The molecule has 0 bridgehead atoms. The Hall–Kier alpha value is -2.31. The van der Waals surface area contributed by atoms with Crippen molar-refractivity contribution in [2.75, 3.05) is 6.61 Å². The molecule has 4 rings (SSSR count). The molecule has 0 radical (unpaired) electrons. The van der Waals surface area contributed by atoms with Gasteiger partial charge >= 0.3 is 0 Å². The molecule has 21 heavy (non-hydrogen) atoms. The number of fused-ring (bicyclic) bond motifs is 2. The van der Waals surface area contributed by atoms with Crippen LogP contribution in [0.4, 0.5) is 0 Å². The number of aryl methyl sites for hydroxylation is 1. The van der Waals surface area contributed by atoms with Gasteiger partial charge < -0.3 is 10.5 Å². The average molecular weight is 281 g/mol. The molecule has 0 fully saturated rings. The van der Waals surface area contributed by atoms with Gasteiger partial charge in [0.05, 0.1) is 24.8 Å². The van der Waals surface area contributed by atoms with E-state index in [4.69, 9.17) is 10.5 Å². The number of hydrogen-bond acceptors (Lipinski definition) is 5. The molecule has 0 saturated heterocycles. The summed E-state index contributed by atoms with van der Waals surface area (Å²) in [5.41, 5.74) is 12.3. The number of pyridine rings is 1. The summed E-state index contributed by atoms with van der Waals surface area (Å²) in [6, 6.07) is 5.98. The molecule has 1 aliphatic rings. The highest BCUT2D eigenvalue weighted by Crippen LogP contribution is 2.32. The van der Waals surface area contributed by atoms with Crippen molar-refractivity contribution in [2.24, 2.45) is 12.8 Å². The third kappa shape index (κ3) is 1.91. The predicted molar refractivity (Wildman–Crippen MR) is 78.3 cm³/mol. The van der Waals surface area contributed by atoms with Gasteiger partial charge in [-0.2, -0.15) is 0 Å². The second-order valence-corrected chi connectivity index (χ2v) is 5.29. The van der Waals surface area contributed by atoms with Gasteiger partial charge in [-0.3, -0.25) is 4.98 Å². The van der Waals surface area contributed by atoms with Gasteiger partial charge in [-0.25, -0.2) is 4.68 Å². The summed E-state index contributed by atoms with van der Waals surface area (Å²) < 4.78 is 7.35. The van der Waals surface area contributed by atoms with Crippen LogP contribution in [0.5, 0.6) is 0 Å². The third-order valence-electron chi connectivity index (χ3n) is 3.96. The molecule has 6 nitrogen and oxygen atoms in total. The van der Waals surface area contributed by atoms with Crippen molar-refractivity contribution >= 4 is 11.0 Å². The number of aromatic nitrogens is 4. The van der Waals surface area contributed by atoms with Gasteiger partial charge in [0.1, 0.15) is 5.52 Å². The van der Waals surface area contributed by atoms with Crippen molar-refractivity contribution < 1.29 is 4.74 Å². The van der Waals surface area contributed by atoms with Crippen LogP contribution in [0.3, 0.4) is 0 Å². The van der Waals surface area contributed by atoms with Crippen LogP contribution in [0.2, 0.25) is 0 Å². The quantitative estimate of drug-likeness (QED) is 0.732. The number of nitrogens with two attached hydrogens (primary N) is 1. The lowest BCUT2D eigenvalue weighted by Crippen LogP contribution is -2.24. The van der Waals surface area contributed by atoms with E-state index in [1.54, 1.807) is 4.68 Å². The Morgan fingerprint density at radius 1 is 1.33 bits per heavy atom. The van der Waals surface area contributed by atoms with Gasteiger partial charge in [0, 0.05) is 25.0 Å². The summed E-state index contributed by atoms with van der Waals surface area (Å²) in [7, 11) is 1.89. The van der Waals surface area contributed by atoms with Crippen molar-refractivity contribution in [2.45, 2.75) is 12.6 Å². The van der Waals surface area contributed by atoms with Crippen molar-refractivity contribution in [3.63, 3.8) is 0 Å². The Morgan fingerprint density at radius 2 is 2.24 bits per heavy atom. The Balaban J connectivity index is 1.92. The van der Waals surface area contributed by atoms with Crippen LogP contribution in [0, 0.1) is 0 Å². The van der Waals surface area contributed by atoms with Gasteiger partial charge in [-0.15, -0.1) is 5.10 Å². The van der Waals surface area contributed by atoms with E-state index in [2.05, 4.69) is 21.4 Å². The molecule has 2 N–H and O–H groups in total. The highest BCUT2D eigenvalue weighted by atomic mass is 16.5. The van der Waals surface area contributed by atoms with E-state index in [0.29, 0.717) is 13.2 Å². The van der Waals surface area contributed by atoms with Crippen molar-refractivity contribution in [3.05, 3.63) is 41.7 Å². The van der Waals surface area contributed by atoms with Crippen LogP contribution in [0.25, 0.3) is 22.2 Å². The van der Waals surface area contributed by atoms with E-state index in [0.717, 1.165) is 33.3 Å². The summed E-state index contributed by atoms with van der Waals surface area (Å²) >= 11 is 0. The summed E-state index contributed by atoms with van der Waals surface area (Å²) in [5, 5.41) is 8.14. The third-order valence-corrected chi connectivity index (χ3v) is 3.96. The SMILES string of the molecule is Cn1nnc2ccc(-c3cncc4c3COCC4N)cc21. The van der Waals surface area contributed by atoms with Gasteiger partial charge in [-0.05, 0) is 28.8 Å². The highest BCUT2D eigenvalue weighted by Gasteiger charge is 2.21. The molecular weight excluding hydrogens is 266 g/mol. The molecule has 6 heteroatoms. The minimum atomic E-state index is -0.108. The zero-order chi connectivity index (χ0) is 14.4. The zero-order valence-electron chi connectivity index (χ0n) is 11.7. The maximum absolute atomic E-state index is 6.10. The molecule has 3 aromatic rings. The minimum Gasteiger partial charge on any atom is -0.375 e. The largest absolute Gasteiger partial charge is 0.375 e.